The number of hydrogen-bond donors (Lipinski definition) is 0. The van der Waals surface area contributed by atoms with E-state index in [0.29, 0.717) is 0 Å². The lowest BCUT2D eigenvalue weighted by Gasteiger charge is -2.07. The van der Waals surface area contributed by atoms with E-state index in [9.17, 15) is 0 Å². The molecule has 0 aliphatic heterocycles. The van der Waals surface area contributed by atoms with Crippen molar-refractivity contribution in [2.24, 2.45) is 0 Å². The van der Waals surface area contributed by atoms with Crippen LogP contribution in [0.4, 0.5) is 0 Å². The molecule has 31 heavy (non-hydrogen) atoms. The Morgan fingerprint density at radius 3 is 1.35 bits per heavy atom. The molecule has 0 bridgehead atoms. The Kier molecular flexibility index (Phi) is 14.7. The number of hydrogen-bond acceptors (Lipinski definition) is 1. The maximum atomic E-state index is 5.87. The molecule has 0 N–H and O–H groups in total. The van der Waals surface area contributed by atoms with E-state index in [-0.39, 0.29) is 0 Å². The van der Waals surface area contributed by atoms with Gasteiger partial charge in [-0.15, -0.1) is 0 Å². The summed E-state index contributed by atoms with van der Waals surface area (Å²) in [5, 5.41) is 0. The van der Waals surface area contributed by atoms with E-state index >= 15 is 0 Å². The lowest BCUT2D eigenvalue weighted by Crippen LogP contribution is -1.88. The second-order valence-corrected chi connectivity index (χ2v) is 9.11. The summed E-state index contributed by atoms with van der Waals surface area (Å²) >= 11 is 0. The van der Waals surface area contributed by atoms with Crippen LogP contribution in [0.1, 0.15) is 115 Å². The molecule has 0 fully saturated rings. The van der Waals surface area contributed by atoms with Crippen LogP contribution in [-0.4, -0.2) is 0 Å². The predicted octanol–water partition coefficient (Wildman–Crippen LogP) is 10.3. The van der Waals surface area contributed by atoms with Crippen LogP contribution < -0.4 is 4.74 Å². The molecule has 2 rings (SSSR count). The fourth-order valence-corrected chi connectivity index (χ4v) is 4.23. The van der Waals surface area contributed by atoms with E-state index in [2.05, 4.69) is 31.2 Å². The van der Waals surface area contributed by atoms with E-state index in [0.717, 1.165) is 11.5 Å². The summed E-state index contributed by atoms with van der Waals surface area (Å²) in [6.07, 6.45) is 24.0. The number of aryl methyl sites for hydroxylation is 1. The van der Waals surface area contributed by atoms with Crippen LogP contribution in [0, 0.1) is 0 Å². The smallest absolute Gasteiger partial charge is 0.127 e. The van der Waals surface area contributed by atoms with Crippen molar-refractivity contribution in [2.45, 2.75) is 116 Å². The van der Waals surface area contributed by atoms with Crippen LogP contribution >= 0.6 is 0 Å². The molecule has 0 amide bonds. The van der Waals surface area contributed by atoms with E-state index in [1.165, 1.54) is 115 Å². The SMILES string of the molecule is CCCCCCCCCCCCCCCCCCc1ccc(Oc2ccccc2)cc1. The van der Waals surface area contributed by atoms with Gasteiger partial charge >= 0.3 is 0 Å². The number of ether oxygens (including phenoxy) is 1. The lowest BCUT2D eigenvalue weighted by atomic mass is 10.0. The number of benzene rings is 2. The minimum Gasteiger partial charge on any atom is -0.457 e. The van der Waals surface area contributed by atoms with Crippen molar-refractivity contribution in [3.05, 3.63) is 60.2 Å². The van der Waals surface area contributed by atoms with Crippen molar-refractivity contribution < 1.29 is 4.74 Å². The van der Waals surface area contributed by atoms with Crippen LogP contribution in [0.15, 0.2) is 54.6 Å². The summed E-state index contributed by atoms with van der Waals surface area (Å²) < 4.78 is 5.87. The summed E-state index contributed by atoms with van der Waals surface area (Å²) in [6, 6.07) is 18.6. The molecule has 0 aliphatic rings. The Morgan fingerprint density at radius 1 is 0.452 bits per heavy atom. The van der Waals surface area contributed by atoms with E-state index in [1.54, 1.807) is 0 Å². The van der Waals surface area contributed by atoms with Gasteiger partial charge in [0, 0.05) is 0 Å². The number of para-hydroxylation sites is 1. The minimum atomic E-state index is 0.896. The van der Waals surface area contributed by atoms with Crippen molar-refractivity contribution in [1.82, 2.24) is 0 Å². The van der Waals surface area contributed by atoms with E-state index in [1.807, 2.05) is 30.3 Å². The topological polar surface area (TPSA) is 9.23 Å². The van der Waals surface area contributed by atoms with Crippen LogP contribution in [-0.2, 0) is 6.42 Å². The van der Waals surface area contributed by atoms with Gasteiger partial charge < -0.3 is 4.74 Å². The quantitative estimate of drug-likeness (QED) is 0.205. The number of rotatable bonds is 19. The highest BCUT2D eigenvalue weighted by Gasteiger charge is 1.99. The molecule has 0 saturated heterocycles. The largest absolute Gasteiger partial charge is 0.457 e. The molecule has 0 aromatic heterocycles. The Morgan fingerprint density at radius 2 is 0.871 bits per heavy atom. The Balaban J connectivity index is 1.36. The van der Waals surface area contributed by atoms with Crippen molar-refractivity contribution in [3.8, 4) is 11.5 Å². The fraction of sp³-hybridized carbons (Fsp3) is 0.600. The van der Waals surface area contributed by atoms with Crippen molar-refractivity contribution in [1.29, 1.82) is 0 Å². The molecule has 0 atom stereocenters. The third kappa shape index (κ3) is 13.3. The van der Waals surface area contributed by atoms with Gasteiger partial charge in [-0.25, -0.2) is 0 Å². The third-order valence-corrected chi connectivity index (χ3v) is 6.22. The summed E-state index contributed by atoms with van der Waals surface area (Å²) in [7, 11) is 0. The average Bonchev–Trinajstić information content (AvgIpc) is 2.80. The third-order valence-electron chi connectivity index (χ3n) is 6.22. The molecule has 1 heteroatoms. The maximum absolute atomic E-state index is 5.87. The first kappa shape index (κ1) is 25.5. The molecule has 2 aromatic rings. The van der Waals surface area contributed by atoms with E-state index in [4.69, 9.17) is 4.74 Å². The normalized spacial score (nSPS) is 11.0. The van der Waals surface area contributed by atoms with Crippen molar-refractivity contribution in [3.63, 3.8) is 0 Å². The highest BCUT2D eigenvalue weighted by molar-refractivity contribution is 5.32. The Labute approximate surface area is 192 Å². The first-order valence-corrected chi connectivity index (χ1v) is 13.2. The van der Waals surface area contributed by atoms with Gasteiger partial charge in [-0.3, -0.25) is 0 Å². The first-order valence-electron chi connectivity index (χ1n) is 13.2. The zero-order valence-corrected chi connectivity index (χ0v) is 20.1. The van der Waals surface area contributed by atoms with Gasteiger partial charge in [-0.2, -0.15) is 0 Å². The van der Waals surface area contributed by atoms with Crippen molar-refractivity contribution in [2.75, 3.05) is 0 Å². The van der Waals surface area contributed by atoms with E-state index < -0.39 is 0 Å². The van der Waals surface area contributed by atoms with Gasteiger partial charge in [0.1, 0.15) is 11.5 Å². The van der Waals surface area contributed by atoms with Gasteiger partial charge in [0.2, 0.25) is 0 Å². The Bertz CT molecular complexity index is 631. The molecule has 0 aliphatic carbocycles. The van der Waals surface area contributed by atoms with Gasteiger partial charge in [0.15, 0.2) is 0 Å². The zero-order chi connectivity index (χ0) is 21.8. The van der Waals surface area contributed by atoms with Crippen LogP contribution in [0.3, 0.4) is 0 Å². The second-order valence-electron chi connectivity index (χ2n) is 9.11. The molecule has 0 unspecified atom stereocenters. The molecule has 172 valence electrons. The molecule has 0 saturated carbocycles. The molecule has 2 aromatic carbocycles. The number of unbranched alkanes of at least 4 members (excludes halogenated alkanes) is 15. The van der Waals surface area contributed by atoms with Crippen LogP contribution in [0.5, 0.6) is 11.5 Å². The fourth-order valence-electron chi connectivity index (χ4n) is 4.23. The van der Waals surface area contributed by atoms with Crippen LogP contribution in [0.2, 0.25) is 0 Å². The average molecular weight is 423 g/mol. The predicted molar refractivity (Wildman–Crippen MR) is 136 cm³/mol. The zero-order valence-electron chi connectivity index (χ0n) is 20.1. The molecular weight excluding hydrogens is 376 g/mol. The highest BCUT2D eigenvalue weighted by Crippen LogP contribution is 2.22. The van der Waals surface area contributed by atoms with Gasteiger partial charge in [0.25, 0.3) is 0 Å². The van der Waals surface area contributed by atoms with Gasteiger partial charge in [-0.1, -0.05) is 134 Å². The Hall–Kier alpha value is -1.76. The van der Waals surface area contributed by atoms with Gasteiger partial charge in [0.05, 0.1) is 0 Å². The summed E-state index contributed by atoms with van der Waals surface area (Å²) in [6.45, 7) is 2.29. The summed E-state index contributed by atoms with van der Waals surface area (Å²) in [4.78, 5) is 0. The highest BCUT2D eigenvalue weighted by atomic mass is 16.5. The summed E-state index contributed by atoms with van der Waals surface area (Å²) in [5.41, 5.74) is 1.42. The molecule has 1 nitrogen and oxygen atoms in total. The second kappa shape index (κ2) is 17.9. The molecule has 0 heterocycles. The monoisotopic (exact) mass is 422 g/mol. The van der Waals surface area contributed by atoms with Crippen molar-refractivity contribution >= 4 is 0 Å². The lowest BCUT2D eigenvalue weighted by molar-refractivity contribution is 0.482. The summed E-state index contributed by atoms with van der Waals surface area (Å²) in [5.74, 6) is 1.81. The maximum Gasteiger partial charge on any atom is 0.127 e. The van der Waals surface area contributed by atoms with Crippen LogP contribution in [0.25, 0.3) is 0 Å². The standard InChI is InChI=1S/C30H46O/c1-2-3-4-5-6-7-8-9-10-11-12-13-14-15-16-18-21-28-24-26-30(27-25-28)31-29-22-19-17-20-23-29/h17,19-20,22-27H,2-16,18,21H2,1H3. The molecule has 0 spiro atoms. The van der Waals surface area contributed by atoms with Gasteiger partial charge in [-0.05, 0) is 42.7 Å². The molecular formula is C30H46O. The molecule has 0 radical (unpaired) electrons. The first-order chi connectivity index (χ1) is 15.4. The minimum absolute atomic E-state index is 0.896.